The number of rotatable bonds is 4. The Morgan fingerprint density at radius 2 is 1.98 bits per heavy atom. The molecule has 0 radical (unpaired) electrons. The number of nitrogens with one attached hydrogen (secondary N) is 1. The van der Waals surface area contributed by atoms with E-state index in [4.69, 9.17) is 26.8 Å². The Balaban J connectivity index is 1.51. The van der Waals surface area contributed by atoms with Gasteiger partial charge in [-0.25, -0.2) is 13.2 Å². The molecule has 4 aromatic rings. The fourth-order valence-corrected chi connectivity index (χ4v) is 6.72. The Bertz CT molecular complexity index is 1740. The van der Waals surface area contributed by atoms with Crippen molar-refractivity contribution in [3.63, 3.8) is 0 Å². The summed E-state index contributed by atoms with van der Waals surface area (Å²) in [4.78, 5) is 12.8. The lowest BCUT2D eigenvalue weighted by Crippen LogP contribution is -2.50. The number of alkyl halides is 1. The molecule has 0 saturated carbocycles. The first-order valence-electron chi connectivity index (χ1n) is 13.2. The van der Waals surface area contributed by atoms with E-state index in [1.165, 1.54) is 6.07 Å². The second-order valence-electron chi connectivity index (χ2n) is 10.5. The van der Waals surface area contributed by atoms with Crippen molar-refractivity contribution in [2.45, 2.75) is 37.3 Å². The number of ether oxygens (including phenoxy) is 2. The molecule has 1 saturated heterocycles. The zero-order valence-corrected chi connectivity index (χ0v) is 22.6. The molecule has 7 rings (SSSR count). The molecule has 3 aromatic carbocycles. The number of primary amides is 1. The summed E-state index contributed by atoms with van der Waals surface area (Å²) in [5.41, 5.74) is 4.79. The Labute approximate surface area is 238 Å². The molecule has 3 N–H and O–H groups in total. The summed E-state index contributed by atoms with van der Waals surface area (Å²) >= 11 is 6.51. The van der Waals surface area contributed by atoms with Gasteiger partial charge in [0.05, 0.1) is 16.6 Å². The number of halogens is 4. The summed E-state index contributed by atoms with van der Waals surface area (Å²) in [6.45, 7) is 0.607. The van der Waals surface area contributed by atoms with Crippen LogP contribution in [0.2, 0.25) is 5.02 Å². The van der Waals surface area contributed by atoms with Crippen molar-refractivity contribution < 1.29 is 27.4 Å². The fraction of sp³-hybridized carbons (Fsp3) is 0.267. The van der Waals surface area contributed by atoms with E-state index in [1.807, 2.05) is 0 Å². The number of nitrogens with two attached hydrogens (primary N) is 1. The number of amides is 1. The van der Waals surface area contributed by atoms with Crippen molar-refractivity contribution in [3.05, 3.63) is 87.7 Å². The smallest absolute Gasteiger partial charge is 0.249 e. The van der Waals surface area contributed by atoms with Gasteiger partial charge in [0.15, 0.2) is 23.3 Å². The van der Waals surface area contributed by atoms with Crippen LogP contribution in [0.3, 0.4) is 0 Å². The van der Waals surface area contributed by atoms with Gasteiger partial charge in [0.2, 0.25) is 5.91 Å². The highest BCUT2D eigenvalue weighted by Gasteiger charge is 2.58. The van der Waals surface area contributed by atoms with Crippen LogP contribution >= 0.6 is 11.6 Å². The second-order valence-corrected chi connectivity index (χ2v) is 10.9. The topological polar surface area (TPSA) is 91.4 Å². The summed E-state index contributed by atoms with van der Waals surface area (Å²) < 4.78 is 62.9. The maximum atomic E-state index is 17.2. The molecule has 41 heavy (non-hydrogen) atoms. The maximum Gasteiger partial charge on any atom is 0.249 e. The van der Waals surface area contributed by atoms with Gasteiger partial charge >= 0.3 is 0 Å². The normalized spacial score (nSPS) is 22.5. The van der Waals surface area contributed by atoms with Crippen LogP contribution in [0, 0.1) is 11.6 Å². The number of aryl methyl sites for hydroxylation is 1. The van der Waals surface area contributed by atoms with Gasteiger partial charge in [0.1, 0.15) is 23.9 Å². The van der Waals surface area contributed by atoms with Gasteiger partial charge in [-0.15, -0.1) is 0 Å². The first-order valence-corrected chi connectivity index (χ1v) is 13.6. The number of carbonyl (C=O) groups excluding carboxylic acids is 1. The van der Waals surface area contributed by atoms with Crippen LogP contribution in [0.5, 0.6) is 11.5 Å². The summed E-state index contributed by atoms with van der Waals surface area (Å²) in [7, 11) is 1.70. The van der Waals surface area contributed by atoms with Gasteiger partial charge in [-0.05, 0) is 25.5 Å². The van der Waals surface area contributed by atoms with Gasteiger partial charge in [0.25, 0.3) is 0 Å². The maximum absolute atomic E-state index is 17.2. The van der Waals surface area contributed by atoms with E-state index >= 15 is 13.2 Å². The molecule has 1 aromatic heterocycles. The predicted molar refractivity (Wildman–Crippen MR) is 145 cm³/mol. The van der Waals surface area contributed by atoms with E-state index in [9.17, 15) is 4.79 Å². The number of hydrogen-bond donors (Lipinski definition) is 2. The van der Waals surface area contributed by atoms with Crippen molar-refractivity contribution >= 4 is 17.5 Å². The van der Waals surface area contributed by atoms with Crippen LogP contribution in [0.1, 0.15) is 46.2 Å². The highest BCUT2D eigenvalue weighted by molar-refractivity contribution is 6.34. The van der Waals surface area contributed by atoms with Crippen molar-refractivity contribution in [2.24, 2.45) is 12.8 Å². The van der Waals surface area contributed by atoms with E-state index in [0.717, 1.165) is 12.5 Å². The van der Waals surface area contributed by atoms with Gasteiger partial charge < -0.3 is 20.5 Å². The molecule has 0 spiro atoms. The van der Waals surface area contributed by atoms with Gasteiger partial charge in [-0.1, -0.05) is 41.9 Å². The standard InChI is InChI=1S/C30H24ClF3N4O3/c1-38-12-17-15-10-16(29(35)39)22(26(33)27(15)40-13-19(17)37-38)24-23-20(11-18(32)25(24)31)41-30(28(23)34,21-8-5-9-36-21)14-6-3-2-4-7-14/h2-4,6-7,10-12,21,28,36H,5,8-9,13H2,1H3,(H2,35,39)/t21-,28-,30-/m0/s1. The summed E-state index contributed by atoms with van der Waals surface area (Å²) in [6.07, 6.45) is 1.13. The van der Waals surface area contributed by atoms with Crippen LogP contribution in [-0.2, 0) is 19.3 Å². The fourth-order valence-electron chi connectivity index (χ4n) is 6.47. The zero-order chi connectivity index (χ0) is 28.6. The molecule has 1 amide bonds. The average molecular weight is 581 g/mol. The highest BCUT2D eigenvalue weighted by Crippen LogP contribution is 2.59. The third-order valence-electron chi connectivity index (χ3n) is 8.22. The van der Waals surface area contributed by atoms with Crippen LogP contribution in [0.4, 0.5) is 13.2 Å². The Morgan fingerprint density at radius 1 is 1.20 bits per heavy atom. The van der Waals surface area contributed by atoms with Crippen LogP contribution in [0.15, 0.2) is 48.7 Å². The lowest BCUT2D eigenvalue weighted by molar-refractivity contribution is -0.0168. The third kappa shape index (κ3) is 3.63. The van der Waals surface area contributed by atoms with E-state index in [-0.39, 0.29) is 40.4 Å². The molecule has 4 heterocycles. The molecule has 1 fully saturated rings. The molecule has 0 bridgehead atoms. The number of aromatic nitrogens is 2. The molecular formula is C30H24ClF3N4O3. The van der Waals surface area contributed by atoms with E-state index in [1.54, 1.807) is 48.3 Å². The van der Waals surface area contributed by atoms with Gasteiger partial charge in [-0.3, -0.25) is 9.48 Å². The number of fused-ring (bicyclic) bond motifs is 4. The third-order valence-corrected chi connectivity index (χ3v) is 8.59. The summed E-state index contributed by atoms with van der Waals surface area (Å²) in [5, 5.41) is 7.07. The monoisotopic (exact) mass is 580 g/mol. The van der Waals surface area contributed by atoms with Crippen molar-refractivity contribution in [1.82, 2.24) is 15.1 Å². The van der Waals surface area contributed by atoms with Gasteiger partial charge in [0, 0.05) is 52.7 Å². The zero-order valence-electron chi connectivity index (χ0n) is 21.8. The first kappa shape index (κ1) is 25.9. The number of carbonyl (C=O) groups is 1. The molecule has 11 heteroatoms. The average Bonchev–Trinajstić information content (AvgIpc) is 3.69. The largest absolute Gasteiger partial charge is 0.483 e. The molecule has 3 aliphatic rings. The first-order chi connectivity index (χ1) is 19.7. The van der Waals surface area contributed by atoms with E-state index in [2.05, 4.69) is 10.4 Å². The predicted octanol–water partition coefficient (Wildman–Crippen LogP) is 5.73. The number of nitrogens with zero attached hydrogens (tertiary/aromatic N) is 2. The molecule has 0 aliphatic carbocycles. The quantitative estimate of drug-likeness (QED) is 0.322. The molecule has 210 valence electrons. The molecular weight excluding hydrogens is 557 g/mol. The minimum absolute atomic E-state index is 0.0379. The lowest BCUT2D eigenvalue weighted by atomic mass is 9.78. The van der Waals surface area contributed by atoms with Crippen molar-refractivity contribution in [2.75, 3.05) is 6.54 Å². The molecule has 3 aliphatic heterocycles. The number of benzene rings is 3. The second kappa shape index (κ2) is 9.25. The van der Waals surface area contributed by atoms with Crippen LogP contribution in [0.25, 0.3) is 22.3 Å². The van der Waals surface area contributed by atoms with E-state index in [0.29, 0.717) is 29.8 Å². The Morgan fingerprint density at radius 3 is 2.68 bits per heavy atom. The number of hydrogen-bond acceptors (Lipinski definition) is 5. The van der Waals surface area contributed by atoms with Crippen molar-refractivity contribution in [3.8, 4) is 33.8 Å². The van der Waals surface area contributed by atoms with Crippen LogP contribution in [-0.4, -0.2) is 28.3 Å². The Hall–Kier alpha value is -4.02. The Kier molecular flexibility index (Phi) is 5.85. The lowest BCUT2D eigenvalue weighted by Gasteiger charge is -2.37. The minimum atomic E-state index is -1.91. The summed E-state index contributed by atoms with van der Waals surface area (Å²) in [6, 6.07) is 10.7. The summed E-state index contributed by atoms with van der Waals surface area (Å²) in [5.74, 6) is -3.30. The molecule has 0 unspecified atom stereocenters. The van der Waals surface area contributed by atoms with Crippen molar-refractivity contribution in [1.29, 1.82) is 0 Å². The molecule has 3 atom stereocenters. The van der Waals surface area contributed by atoms with Crippen LogP contribution < -0.4 is 20.5 Å². The van der Waals surface area contributed by atoms with Gasteiger partial charge in [-0.2, -0.15) is 5.10 Å². The highest BCUT2D eigenvalue weighted by atomic mass is 35.5. The minimum Gasteiger partial charge on any atom is -0.483 e. The molecule has 7 nitrogen and oxygen atoms in total. The van der Waals surface area contributed by atoms with E-state index < -0.39 is 45.9 Å². The SMILES string of the molecule is Cn1cc2c(n1)COc1c-2cc(C(N)=O)c(-c2c(Cl)c(F)cc3c2[C@H](F)[C@](c2ccccc2)([C@@H]2CCCN2)O3)c1F.